The number of halogens is 2. The lowest BCUT2D eigenvalue weighted by molar-refractivity contribution is -0.121. The highest BCUT2D eigenvalue weighted by atomic mass is 35.5. The van der Waals surface area contributed by atoms with Crippen molar-refractivity contribution in [3.63, 3.8) is 0 Å². The average molecular weight is 391 g/mol. The van der Waals surface area contributed by atoms with E-state index in [1.54, 1.807) is 18.2 Å². The summed E-state index contributed by atoms with van der Waals surface area (Å²) in [5, 5.41) is 5.06. The Hall–Kier alpha value is -2.30. The van der Waals surface area contributed by atoms with Gasteiger partial charge in [-0.15, -0.1) is 0 Å². The second kappa shape index (κ2) is 10.6. The molecule has 0 heterocycles. The van der Waals surface area contributed by atoms with E-state index < -0.39 is 0 Å². The molecule has 0 saturated carbocycles. The summed E-state index contributed by atoms with van der Waals surface area (Å²) in [4.78, 5) is 11.8. The van der Waals surface area contributed by atoms with Crippen molar-refractivity contribution in [2.45, 2.75) is 19.8 Å². The molecule has 0 bridgehead atoms. The second-order valence-electron chi connectivity index (χ2n) is 5.56. The first-order chi connectivity index (χ1) is 12.5. The third-order valence-corrected chi connectivity index (χ3v) is 3.90. The van der Waals surface area contributed by atoms with E-state index in [0.29, 0.717) is 41.0 Å². The topological polar surface area (TPSA) is 50.7 Å². The molecular formula is C20H20Cl2N2O2. The van der Waals surface area contributed by atoms with Crippen LogP contribution in [0.3, 0.4) is 0 Å². The monoisotopic (exact) mass is 390 g/mol. The summed E-state index contributed by atoms with van der Waals surface area (Å²) in [6, 6.07) is 14.9. The van der Waals surface area contributed by atoms with Crippen LogP contribution in [-0.4, -0.2) is 18.2 Å². The van der Waals surface area contributed by atoms with E-state index in [4.69, 9.17) is 27.9 Å². The van der Waals surface area contributed by atoms with Crippen molar-refractivity contribution in [3.8, 4) is 5.75 Å². The normalized spacial score (nSPS) is 11.6. The minimum absolute atomic E-state index is 0.164. The summed E-state index contributed by atoms with van der Waals surface area (Å²) >= 11 is 11.8. The van der Waals surface area contributed by atoms with Gasteiger partial charge in [0.05, 0.1) is 17.3 Å². The number of ether oxygens (including phenoxy) is 1. The molecule has 2 aromatic rings. The number of hydrogen-bond donors (Lipinski definition) is 1. The van der Waals surface area contributed by atoms with E-state index >= 15 is 0 Å². The molecule has 2 aromatic carbocycles. The molecule has 0 unspecified atom stereocenters. The van der Waals surface area contributed by atoms with Crippen molar-refractivity contribution in [3.05, 3.63) is 70.2 Å². The highest BCUT2D eigenvalue weighted by molar-refractivity contribution is 6.35. The lowest BCUT2D eigenvalue weighted by Crippen LogP contribution is -2.19. The first-order valence-corrected chi connectivity index (χ1v) is 8.94. The molecule has 0 aliphatic heterocycles. The van der Waals surface area contributed by atoms with Crippen LogP contribution >= 0.6 is 23.2 Å². The minimum atomic E-state index is -0.164. The first kappa shape index (κ1) is 20.0. The van der Waals surface area contributed by atoms with Gasteiger partial charge in [-0.1, -0.05) is 59.6 Å². The van der Waals surface area contributed by atoms with Gasteiger partial charge in [0.1, 0.15) is 5.75 Å². The number of amides is 1. The second-order valence-corrected chi connectivity index (χ2v) is 6.40. The Bertz CT molecular complexity index is 790. The molecule has 1 amide bonds. The highest BCUT2D eigenvalue weighted by Crippen LogP contribution is 2.27. The van der Waals surface area contributed by atoms with E-state index in [-0.39, 0.29) is 5.91 Å². The van der Waals surface area contributed by atoms with Crippen LogP contribution < -0.4 is 10.2 Å². The number of carbonyl (C=O) groups is 1. The largest absolute Gasteiger partial charge is 0.492 e. The fourth-order valence-corrected chi connectivity index (χ4v) is 2.49. The van der Waals surface area contributed by atoms with Gasteiger partial charge in [0, 0.05) is 11.4 Å². The lowest BCUT2D eigenvalue weighted by Gasteiger charge is -2.07. The van der Waals surface area contributed by atoms with Crippen LogP contribution in [0.15, 0.2) is 59.7 Å². The van der Waals surface area contributed by atoms with E-state index in [2.05, 4.69) is 10.5 Å². The summed E-state index contributed by atoms with van der Waals surface area (Å²) in [7, 11) is 0. The third-order valence-electron chi connectivity index (χ3n) is 3.37. The van der Waals surface area contributed by atoms with Gasteiger partial charge in [0.25, 0.3) is 0 Å². The predicted molar refractivity (Wildman–Crippen MR) is 108 cm³/mol. The Kier molecular flexibility index (Phi) is 8.19. The van der Waals surface area contributed by atoms with Crippen molar-refractivity contribution < 1.29 is 9.53 Å². The molecule has 6 heteroatoms. The van der Waals surface area contributed by atoms with Gasteiger partial charge in [-0.3, -0.25) is 4.79 Å². The zero-order valence-corrected chi connectivity index (χ0v) is 15.9. The van der Waals surface area contributed by atoms with Gasteiger partial charge in [-0.2, -0.15) is 5.10 Å². The number of carbonyl (C=O) groups excluding carboxylic acids is 1. The number of hydrazone groups is 1. The average Bonchev–Trinajstić information content (AvgIpc) is 2.64. The molecule has 26 heavy (non-hydrogen) atoms. The van der Waals surface area contributed by atoms with Crippen LogP contribution in [0.25, 0.3) is 6.08 Å². The molecule has 2 rings (SSSR count). The minimum Gasteiger partial charge on any atom is -0.492 e. The maximum Gasteiger partial charge on any atom is 0.240 e. The van der Waals surface area contributed by atoms with E-state index in [9.17, 15) is 4.79 Å². The van der Waals surface area contributed by atoms with Crippen LogP contribution in [0.5, 0.6) is 5.75 Å². The Morgan fingerprint density at radius 1 is 1.19 bits per heavy atom. The Morgan fingerprint density at radius 3 is 2.69 bits per heavy atom. The maximum atomic E-state index is 11.8. The van der Waals surface area contributed by atoms with Gasteiger partial charge in [-0.25, -0.2) is 5.43 Å². The number of benzene rings is 2. The fourth-order valence-electron chi connectivity index (χ4n) is 2.03. The van der Waals surface area contributed by atoms with Gasteiger partial charge in [0.15, 0.2) is 0 Å². The van der Waals surface area contributed by atoms with Gasteiger partial charge >= 0.3 is 0 Å². The molecule has 0 fully saturated rings. The van der Waals surface area contributed by atoms with Crippen molar-refractivity contribution in [1.82, 2.24) is 5.43 Å². The van der Waals surface area contributed by atoms with Crippen LogP contribution in [-0.2, 0) is 4.79 Å². The molecule has 0 aliphatic rings. The quantitative estimate of drug-likeness (QED) is 0.374. The summed E-state index contributed by atoms with van der Waals surface area (Å²) in [5.41, 5.74) is 4.32. The highest BCUT2D eigenvalue weighted by Gasteiger charge is 2.04. The number of nitrogens with one attached hydrogen (secondary N) is 1. The zero-order chi connectivity index (χ0) is 18.8. The summed E-state index contributed by atoms with van der Waals surface area (Å²) < 4.78 is 5.54. The maximum absolute atomic E-state index is 11.8. The summed E-state index contributed by atoms with van der Waals surface area (Å²) in [5.74, 6) is 0.389. The first-order valence-electron chi connectivity index (χ1n) is 8.19. The molecule has 136 valence electrons. The van der Waals surface area contributed by atoms with Crippen LogP contribution in [0.4, 0.5) is 0 Å². The molecule has 0 aliphatic carbocycles. The summed E-state index contributed by atoms with van der Waals surface area (Å²) in [6.45, 7) is 2.21. The Labute approximate surface area is 163 Å². The van der Waals surface area contributed by atoms with Crippen LogP contribution in [0.2, 0.25) is 10.0 Å². The molecule has 0 aromatic heterocycles. The van der Waals surface area contributed by atoms with Crippen LogP contribution in [0, 0.1) is 0 Å². The SMILES string of the molecule is CC(C=Cc1ccccc1)=NNC(=O)CCCOc1ccc(Cl)cc1Cl. The van der Waals surface area contributed by atoms with Gasteiger partial charge in [-0.05, 0) is 43.2 Å². The van der Waals surface area contributed by atoms with E-state index in [1.165, 1.54) is 0 Å². The van der Waals surface area contributed by atoms with Crippen molar-refractivity contribution in [2.75, 3.05) is 6.61 Å². The molecular weight excluding hydrogens is 371 g/mol. The number of rotatable bonds is 8. The molecule has 0 spiro atoms. The molecule has 4 nitrogen and oxygen atoms in total. The number of nitrogens with zero attached hydrogens (tertiary/aromatic N) is 1. The third kappa shape index (κ3) is 7.30. The van der Waals surface area contributed by atoms with Crippen molar-refractivity contribution in [2.24, 2.45) is 5.10 Å². The predicted octanol–water partition coefficient (Wildman–Crippen LogP) is 5.36. The van der Waals surface area contributed by atoms with E-state index in [1.807, 2.05) is 49.4 Å². The van der Waals surface area contributed by atoms with E-state index in [0.717, 1.165) is 5.56 Å². The van der Waals surface area contributed by atoms with Gasteiger partial charge in [0.2, 0.25) is 5.91 Å². The lowest BCUT2D eigenvalue weighted by atomic mass is 10.2. The smallest absolute Gasteiger partial charge is 0.240 e. The summed E-state index contributed by atoms with van der Waals surface area (Å²) in [6.07, 6.45) is 4.65. The molecule has 0 atom stereocenters. The van der Waals surface area contributed by atoms with Gasteiger partial charge < -0.3 is 4.74 Å². The molecule has 0 saturated heterocycles. The zero-order valence-electron chi connectivity index (χ0n) is 14.4. The molecule has 1 N–H and O–H groups in total. The molecule has 0 radical (unpaired) electrons. The standard InChI is InChI=1S/C20H20Cl2N2O2/c1-15(9-10-16-6-3-2-4-7-16)23-24-20(25)8-5-13-26-19-12-11-17(21)14-18(19)22/h2-4,6-7,9-12,14H,5,8,13H2,1H3,(H,24,25). The number of hydrogen-bond acceptors (Lipinski definition) is 3. The van der Waals surface area contributed by atoms with Crippen molar-refractivity contribution in [1.29, 1.82) is 0 Å². The van der Waals surface area contributed by atoms with Crippen LogP contribution in [0.1, 0.15) is 25.3 Å². The Morgan fingerprint density at radius 2 is 1.96 bits per heavy atom. The fraction of sp³-hybridized carbons (Fsp3) is 0.200. The van der Waals surface area contributed by atoms with Crippen molar-refractivity contribution >= 4 is 40.9 Å². The number of allylic oxidation sites excluding steroid dienone is 1. The Balaban J connectivity index is 1.69.